The summed E-state index contributed by atoms with van der Waals surface area (Å²) in [4.78, 5) is 31.5. The van der Waals surface area contributed by atoms with E-state index in [1.165, 1.54) is 0 Å². The standard InChI is InChI=1S/C25H26BrClN2O3/c1-15-9-10-16(13-19(15)27)28-22(31)25-12-11-24(4,23(25,2)3)20(14-25)29-32-21(30)17-7-5-6-8-18(17)26/h5-10,13H,11-12,14H2,1-4H3,(H,28,31). The molecule has 2 aliphatic rings. The maximum absolute atomic E-state index is 13.6. The number of rotatable bonds is 4. The molecule has 0 heterocycles. The highest BCUT2D eigenvalue weighted by Crippen LogP contribution is 2.71. The van der Waals surface area contributed by atoms with Crippen molar-refractivity contribution < 1.29 is 14.4 Å². The lowest BCUT2D eigenvalue weighted by atomic mass is 9.64. The maximum atomic E-state index is 13.6. The molecule has 7 heteroatoms. The molecule has 2 unspecified atom stereocenters. The second-order valence-electron chi connectivity index (χ2n) is 9.53. The highest BCUT2D eigenvalue weighted by atomic mass is 79.9. The number of benzene rings is 2. The Labute approximate surface area is 201 Å². The van der Waals surface area contributed by atoms with Gasteiger partial charge in [-0.05, 0) is 70.9 Å². The van der Waals surface area contributed by atoms with E-state index < -0.39 is 11.4 Å². The third-order valence-corrected chi connectivity index (χ3v) is 9.03. The molecule has 0 aliphatic heterocycles. The summed E-state index contributed by atoms with van der Waals surface area (Å²) in [6.07, 6.45) is 2.00. The number of nitrogens with zero attached hydrogens (tertiary/aromatic N) is 1. The number of oxime groups is 1. The Hall–Kier alpha value is -2.18. The minimum atomic E-state index is -0.641. The molecule has 1 amide bonds. The predicted molar refractivity (Wildman–Crippen MR) is 130 cm³/mol. The van der Waals surface area contributed by atoms with Crippen molar-refractivity contribution in [2.75, 3.05) is 5.32 Å². The smallest absolute Gasteiger partial charge is 0.326 e. The van der Waals surface area contributed by atoms with Gasteiger partial charge in [0.15, 0.2) is 0 Å². The van der Waals surface area contributed by atoms with Crippen LogP contribution in [0.4, 0.5) is 5.69 Å². The Balaban J connectivity index is 1.60. The molecular weight excluding hydrogens is 492 g/mol. The van der Waals surface area contributed by atoms with E-state index in [0.717, 1.165) is 24.1 Å². The third kappa shape index (κ3) is 3.39. The molecule has 2 saturated carbocycles. The number of aryl methyl sites for hydroxylation is 1. The fourth-order valence-corrected chi connectivity index (χ4v) is 5.84. The van der Waals surface area contributed by atoms with Gasteiger partial charge in [0.25, 0.3) is 0 Å². The zero-order chi connectivity index (χ0) is 23.3. The number of carbonyl (C=O) groups is 2. The minimum absolute atomic E-state index is 0.0477. The first-order valence-corrected chi connectivity index (χ1v) is 11.8. The molecule has 0 aromatic heterocycles. The van der Waals surface area contributed by atoms with E-state index in [0.29, 0.717) is 27.2 Å². The first-order valence-electron chi connectivity index (χ1n) is 10.6. The van der Waals surface area contributed by atoms with Crippen molar-refractivity contribution in [2.45, 2.75) is 47.0 Å². The zero-order valence-corrected chi connectivity index (χ0v) is 20.9. The Kier molecular flexibility index (Phi) is 5.74. The van der Waals surface area contributed by atoms with Crippen molar-refractivity contribution >= 4 is 50.8 Å². The molecule has 0 spiro atoms. The molecule has 4 rings (SSSR count). The maximum Gasteiger partial charge on any atom is 0.366 e. The molecule has 2 fully saturated rings. The van der Waals surface area contributed by atoms with Gasteiger partial charge in [0, 0.05) is 27.0 Å². The molecule has 2 aromatic rings. The van der Waals surface area contributed by atoms with E-state index in [1.807, 2.05) is 25.1 Å². The van der Waals surface area contributed by atoms with Gasteiger partial charge in [-0.3, -0.25) is 4.79 Å². The number of carbonyl (C=O) groups excluding carboxylic acids is 2. The summed E-state index contributed by atoms with van der Waals surface area (Å²) in [5, 5.41) is 7.98. The fraction of sp³-hybridized carbons (Fsp3) is 0.400. The monoisotopic (exact) mass is 516 g/mol. The van der Waals surface area contributed by atoms with E-state index >= 15 is 0 Å². The van der Waals surface area contributed by atoms with Crippen LogP contribution in [-0.2, 0) is 9.63 Å². The van der Waals surface area contributed by atoms with Crippen molar-refractivity contribution in [2.24, 2.45) is 21.4 Å². The molecule has 5 nitrogen and oxygen atoms in total. The summed E-state index contributed by atoms with van der Waals surface area (Å²) in [5.74, 6) is -0.574. The van der Waals surface area contributed by atoms with E-state index in [4.69, 9.17) is 16.4 Å². The van der Waals surface area contributed by atoms with Crippen molar-refractivity contribution in [3.63, 3.8) is 0 Å². The van der Waals surface area contributed by atoms with Crippen LogP contribution in [0.2, 0.25) is 5.02 Å². The quantitative estimate of drug-likeness (QED) is 0.359. The van der Waals surface area contributed by atoms with E-state index in [9.17, 15) is 9.59 Å². The summed E-state index contributed by atoms with van der Waals surface area (Å²) in [6.45, 7) is 8.26. The molecule has 32 heavy (non-hydrogen) atoms. The zero-order valence-electron chi connectivity index (χ0n) is 18.6. The largest absolute Gasteiger partial charge is 0.366 e. The first-order chi connectivity index (χ1) is 15.0. The number of anilines is 1. The van der Waals surface area contributed by atoms with Crippen molar-refractivity contribution in [3.8, 4) is 0 Å². The molecule has 2 aromatic carbocycles. The number of fused-ring (bicyclic) bond motifs is 2. The molecular formula is C25H26BrClN2O3. The average molecular weight is 518 g/mol. The Bertz CT molecular complexity index is 1150. The van der Waals surface area contributed by atoms with Gasteiger partial charge in [0.05, 0.1) is 16.7 Å². The van der Waals surface area contributed by atoms with Gasteiger partial charge >= 0.3 is 5.97 Å². The highest BCUT2D eigenvalue weighted by Gasteiger charge is 2.71. The second-order valence-corrected chi connectivity index (χ2v) is 10.8. The minimum Gasteiger partial charge on any atom is -0.326 e. The van der Waals surface area contributed by atoms with Crippen LogP contribution in [0.5, 0.6) is 0 Å². The van der Waals surface area contributed by atoms with E-state index in [1.54, 1.807) is 24.3 Å². The van der Waals surface area contributed by atoms with Gasteiger partial charge in [0.1, 0.15) is 0 Å². The molecule has 168 valence electrons. The lowest BCUT2D eigenvalue weighted by Crippen LogP contribution is -2.43. The summed E-state index contributed by atoms with van der Waals surface area (Å²) >= 11 is 9.61. The van der Waals surface area contributed by atoms with E-state index in [-0.39, 0.29) is 16.7 Å². The lowest BCUT2D eigenvalue weighted by Gasteiger charge is -2.39. The first kappa shape index (κ1) is 23.0. The van der Waals surface area contributed by atoms with Crippen LogP contribution in [0.25, 0.3) is 0 Å². The summed E-state index contributed by atoms with van der Waals surface area (Å²) in [5.41, 5.74) is 1.45. The summed E-state index contributed by atoms with van der Waals surface area (Å²) in [7, 11) is 0. The van der Waals surface area contributed by atoms with Crippen LogP contribution in [-0.4, -0.2) is 17.6 Å². The van der Waals surface area contributed by atoms with Gasteiger partial charge in [-0.15, -0.1) is 0 Å². The van der Waals surface area contributed by atoms with Crippen LogP contribution < -0.4 is 5.32 Å². The van der Waals surface area contributed by atoms with Crippen LogP contribution in [0.3, 0.4) is 0 Å². The van der Waals surface area contributed by atoms with Crippen molar-refractivity contribution in [1.29, 1.82) is 0 Å². The fourth-order valence-electron chi connectivity index (χ4n) is 5.22. The third-order valence-electron chi connectivity index (χ3n) is 7.93. The Morgan fingerprint density at radius 2 is 1.84 bits per heavy atom. The number of hydrogen-bond acceptors (Lipinski definition) is 4. The van der Waals surface area contributed by atoms with Crippen LogP contribution >= 0.6 is 27.5 Å². The van der Waals surface area contributed by atoms with E-state index in [2.05, 4.69) is 47.2 Å². The number of amides is 1. The van der Waals surface area contributed by atoms with Crippen LogP contribution in [0.1, 0.15) is 56.0 Å². The molecule has 0 saturated heterocycles. The molecule has 2 bridgehead atoms. The number of hydrogen-bond donors (Lipinski definition) is 1. The Morgan fingerprint density at radius 1 is 1.12 bits per heavy atom. The van der Waals surface area contributed by atoms with Gasteiger partial charge in [-0.2, -0.15) is 0 Å². The van der Waals surface area contributed by atoms with Crippen molar-refractivity contribution in [1.82, 2.24) is 0 Å². The number of halogens is 2. The predicted octanol–water partition coefficient (Wildman–Crippen LogP) is 6.78. The van der Waals surface area contributed by atoms with Gasteiger partial charge in [-0.25, -0.2) is 4.79 Å². The molecule has 2 atom stereocenters. The van der Waals surface area contributed by atoms with Crippen molar-refractivity contribution in [3.05, 3.63) is 63.1 Å². The Morgan fingerprint density at radius 3 is 2.53 bits per heavy atom. The van der Waals surface area contributed by atoms with Gasteiger partial charge in [0.2, 0.25) is 5.91 Å². The topological polar surface area (TPSA) is 67.8 Å². The second kappa shape index (κ2) is 7.99. The number of nitrogens with one attached hydrogen (secondary N) is 1. The van der Waals surface area contributed by atoms with Crippen LogP contribution in [0, 0.1) is 23.2 Å². The van der Waals surface area contributed by atoms with Crippen LogP contribution in [0.15, 0.2) is 52.1 Å². The van der Waals surface area contributed by atoms with Gasteiger partial charge < -0.3 is 10.2 Å². The van der Waals surface area contributed by atoms with Gasteiger partial charge in [-0.1, -0.05) is 55.7 Å². The summed E-state index contributed by atoms with van der Waals surface area (Å²) in [6, 6.07) is 12.6. The molecule has 0 radical (unpaired) electrons. The SMILES string of the molecule is Cc1ccc(NC(=O)C23CCC(C)(C(=NOC(=O)c4ccccc4Br)C2)C3(C)C)cc1Cl. The molecule has 2 aliphatic carbocycles. The lowest BCUT2D eigenvalue weighted by molar-refractivity contribution is -0.130. The average Bonchev–Trinajstić information content (AvgIpc) is 3.05. The molecule has 1 N–H and O–H groups in total. The normalized spacial score (nSPS) is 26.9. The summed E-state index contributed by atoms with van der Waals surface area (Å²) < 4.78 is 0.650. The highest BCUT2D eigenvalue weighted by molar-refractivity contribution is 9.10.